The van der Waals surface area contributed by atoms with E-state index in [9.17, 15) is 18.0 Å². The van der Waals surface area contributed by atoms with Gasteiger partial charge >= 0.3 is 0 Å². The number of hydrogen-bond acceptors (Lipinski definition) is 5. The van der Waals surface area contributed by atoms with Crippen molar-refractivity contribution in [3.05, 3.63) is 58.1 Å². The number of amides is 2. The summed E-state index contributed by atoms with van der Waals surface area (Å²) >= 11 is 12.6. The van der Waals surface area contributed by atoms with Crippen LogP contribution in [-0.4, -0.2) is 57.6 Å². The molecule has 0 bridgehead atoms. The fourth-order valence-corrected chi connectivity index (χ4v) is 4.63. The maximum absolute atomic E-state index is 13.5. The lowest BCUT2D eigenvalue weighted by molar-refractivity contribution is -0.139. The molecule has 11 heteroatoms. The van der Waals surface area contributed by atoms with E-state index in [1.807, 2.05) is 6.92 Å². The number of anilines is 1. The van der Waals surface area contributed by atoms with Crippen molar-refractivity contribution in [1.82, 2.24) is 10.2 Å². The van der Waals surface area contributed by atoms with Crippen molar-refractivity contribution in [1.29, 1.82) is 0 Å². The molecule has 0 aliphatic heterocycles. The first-order valence-corrected chi connectivity index (χ1v) is 13.2. The summed E-state index contributed by atoms with van der Waals surface area (Å²) in [6, 6.07) is 10.5. The number of methoxy groups -OCH3 is 1. The second-order valence-electron chi connectivity index (χ2n) is 7.63. The number of sulfonamides is 1. The SMILES string of the molecule is CCCNC(=O)C(C)N(Cc1c(Cl)cccc1Cl)C(=O)CN(c1ccccc1OC)S(C)(=O)=O. The summed E-state index contributed by atoms with van der Waals surface area (Å²) < 4.78 is 31.5. The Morgan fingerprint density at radius 3 is 2.26 bits per heavy atom. The lowest BCUT2D eigenvalue weighted by Crippen LogP contribution is -2.51. The molecule has 0 saturated carbocycles. The average Bonchev–Trinajstić information content (AvgIpc) is 2.79. The van der Waals surface area contributed by atoms with Gasteiger partial charge in [0.05, 0.1) is 19.1 Å². The molecule has 0 radical (unpaired) electrons. The molecule has 0 fully saturated rings. The lowest BCUT2D eigenvalue weighted by atomic mass is 10.1. The Hall–Kier alpha value is -2.49. The summed E-state index contributed by atoms with van der Waals surface area (Å²) in [6.45, 7) is 3.29. The predicted octanol–water partition coefficient (Wildman–Crippen LogP) is 3.71. The highest BCUT2D eigenvalue weighted by Crippen LogP contribution is 2.30. The van der Waals surface area contributed by atoms with E-state index in [2.05, 4.69) is 5.32 Å². The number of carbonyl (C=O) groups excluding carboxylic acids is 2. The minimum Gasteiger partial charge on any atom is -0.495 e. The van der Waals surface area contributed by atoms with Crippen LogP contribution in [0.1, 0.15) is 25.8 Å². The molecule has 1 unspecified atom stereocenters. The van der Waals surface area contributed by atoms with Gasteiger partial charge in [-0.15, -0.1) is 0 Å². The van der Waals surface area contributed by atoms with Gasteiger partial charge in [-0.25, -0.2) is 8.42 Å². The summed E-state index contributed by atoms with van der Waals surface area (Å²) in [4.78, 5) is 27.5. The van der Waals surface area contributed by atoms with E-state index in [-0.39, 0.29) is 23.9 Å². The highest BCUT2D eigenvalue weighted by Gasteiger charge is 2.31. The molecule has 2 aromatic carbocycles. The summed E-state index contributed by atoms with van der Waals surface area (Å²) in [5, 5.41) is 3.42. The number of benzene rings is 2. The fraction of sp³-hybridized carbons (Fsp3) is 0.391. The molecule has 0 aromatic heterocycles. The third-order valence-corrected chi connectivity index (χ3v) is 6.97. The van der Waals surface area contributed by atoms with Gasteiger partial charge in [0.1, 0.15) is 18.3 Å². The molecule has 2 amide bonds. The van der Waals surface area contributed by atoms with Crippen molar-refractivity contribution < 1.29 is 22.7 Å². The molecule has 0 aliphatic carbocycles. The molecule has 0 aliphatic rings. The van der Waals surface area contributed by atoms with Crippen molar-refractivity contribution in [2.24, 2.45) is 0 Å². The Kier molecular flexibility index (Phi) is 10.0. The van der Waals surface area contributed by atoms with Gasteiger partial charge in [-0.2, -0.15) is 0 Å². The van der Waals surface area contributed by atoms with Crippen LogP contribution < -0.4 is 14.4 Å². The monoisotopic (exact) mass is 529 g/mol. The number of hydrogen-bond donors (Lipinski definition) is 1. The van der Waals surface area contributed by atoms with Crippen molar-refractivity contribution in [2.45, 2.75) is 32.9 Å². The standard InChI is InChI=1S/C23H29Cl2N3O5S/c1-5-13-26-23(30)16(2)27(14-17-18(24)9-8-10-19(17)25)22(29)15-28(34(4,31)32)20-11-6-7-12-21(20)33-3/h6-12,16H,5,13-15H2,1-4H3,(H,26,30). The maximum Gasteiger partial charge on any atom is 0.244 e. The molecule has 8 nitrogen and oxygen atoms in total. The molecule has 2 rings (SSSR count). The normalized spacial score (nSPS) is 12.1. The summed E-state index contributed by atoms with van der Waals surface area (Å²) in [5.41, 5.74) is 0.664. The van der Waals surface area contributed by atoms with Crippen molar-refractivity contribution >= 4 is 50.7 Å². The van der Waals surface area contributed by atoms with Gasteiger partial charge in [-0.1, -0.05) is 48.3 Å². The Bertz CT molecular complexity index is 1110. The van der Waals surface area contributed by atoms with Crippen LogP contribution in [0.5, 0.6) is 5.75 Å². The largest absolute Gasteiger partial charge is 0.495 e. The third kappa shape index (κ3) is 7.01. The number of halogens is 2. The van der Waals surface area contributed by atoms with Gasteiger partial charge in [0, 0.05) is 28.7 Å². The van der Waals surface area contributed by atoms with Crippen LogP contribution in [0.25, 0.3) is 0 Å². The predicted molar refractivity (Wildman–Crippen MR) is 135 cm³/mol. The summed E-state index contributed by atoms with van der Waals surface area (Å²) in [5.74, 6) is -0.691. The first-order chi connectivity index (χ1) is 16.0. The molecular weight excluding hydrogens is 501 g/mol. The van der Waals surface area contributed by atoms with Crippen LogP contribution in [0.2, 0.25) is 10.0 Å². The van der Waals surface area contributed by atoms with Gasteiger partial charge in [-0.05, 0) is 37.6 Å². The fourth-order valence-electron chi connectivity index (χ4n) is 3.26. The number of ether oxygens (including phenoxy) is 1. The Balaban J connectivity index is 2.47. The van der Waals surface area contributed by atoms with E-state index in [1.165, 1.54) is 12.0 Å². The van der Waals surface area contributed by atoms with E-state index >= 15 is 0 Å². The molecule has 34 heavy (non-hydrogen) atoms. The van der Waals surface area contributed by atoms with Crippen LogP contribution in [0.4, 0.5) is 5.69 Å². The van der Waals surface area contributed by atoms with E-state index in [1.54, 1.807) is 49.4 Å². The number of nitrogens with one attached hydrogen (secondary N) is 1. The highest BCUT2D eigenvalue weighted by molar-refractivity contribution is 7.92. The molecule has 0 heterocycles. The molecule has 186 valence electrons. The van der Waals surface area contributed by atoms with Crippen LogP contribution in [0.15, 0.2) is 42.5 Å². The van der Waals surface area contributed by atoms with Crippen molar-refractivity contribution in [3.8, 4) is 5.75 Å². The second kappa shape index (κ2) is 12.3. The first-order valence-electron chi connectivity index (χ1n) is 10.6. The first kappa shape index (κ1) is 27.8. The minimum absolute atomic E-state index is 0.0818. The molecular formula is C23H29Cl2N3O5S. The molecule has 0 spiro atoms. The minimum atomic E-state index is -3.88. The third-order valence-electron chi connectivity index (χ3n) is 5.14. The Morgan fingerprint density at radius 1 is 1.09 bits per heavy atom. The van der Waals surface area contributed by atoms with Gasteiger partial charge in [0.2, 0.25) is 21.8 Å². The maximum atomic E-state index is 13.5. The van der Waals surface area contributed by atoms with Gasteiger partial charge < -0.3 is 15.0 Å². The van der Waals surface area contributed by atoms with E-state index in [0.717, 1.165) is 17.0 Å². The van der Waals surface area contributed by atoms with E-state index < -0.39 is 28.5 Å². The zero-order valence-electron chi connectivity index (χ0n) is 19.5. The topological polar surface area (TPSA) is 96.0 Å². The number of para-hydroxylation sites is 2. The van der Waals surface area contributed by atoms with Gasteiger partial charge in [-0.3, -0.25) is 13.9 Å². The van der Waals surface area contributed by atoms with Crippen LogP contribution in [0.3, 0.4) is 0 Å². The van der Waals surface area contributed by atoms with Crippen molar-refractivity contribution in [3.63, 3.8) is 0 Å². The molecule has 1 atom stereocenters. The smallest absolute Gasteiger partial charge is 0.244 e. The molecule has 2 aromatic rings. The lowest BCUT2D eigenvalue weighted by Gasteiger charge is -2.32. The van der Waals surface area contributed by atoms with Crippen LogP contribution in [0, 0.1) is 0 Å². The zero-order chi connectivity index (χ0) is 25.5. The van der Waals surface area contributed by atoms with Crippen LogP contribution >= 0.6 is 23.2 Å². The molecule has 0 saturated heterocycles. The Labute approximate surface area is 210 Å². The second-order valence-corrected chi connectivity index (χ2v) is 10.4. The van der Waals surface area contributed by atoms with E-state index in [4.69, 9.17) is 27.9 Å². The number of nitrogens with zero attached hydrogens (tertiary/aromatic N) is 2. The molecule has 1 N–H and O–H groups in total. The average molecular weight is 530 g/mol. The number of carbonyl (C=O) groups is 2. The Morgan fingerprint density at radius 2 is 1.71 bits per heavy atom. The summed E-state index contributed by atoms with van der Waals surface area (Å²) in [6.07, 6.45) is 1.72. The quantitative estimate of drug-likeness (QED) is 0.478. The summed E-state index contributed by atoms with van der Waals surface area (Å²) in [7, 11) is -2.47. The van der Waals surface area contributed by atoms with Crippen molar-refractivity contribution in [2.75, 3.05) is 30.8 Å². The van der Waals surface area contributed by atoms with Crippen LogP contribution in [-0.2, 0) is 26.2 Å². The highest BCUT2D eigenvalue weighted by atomic mass is 35.5. The zero-order valence-corrected chi connectivity index (χ0v) is 21.9. The number of rotatable bonds is 11. The van der Waals surface area contributed by atoms with Gasteiger partial charge in [0.15, 0.2) is 0 Å². The van der Waals surface area contributed by atoms with Gasteiger partial charge in [0.25, 0.3) is 0 Å². The van der Waals surface area contributed by atoms with E-state index in [0.29, 0.717) is 22.2 Å².